The third-order valence-corrected chi connectivity index (χ3v) is 4.49. The lowest BCUT2D eigenvalue weighted by atomic mass is 10.1. The summed E-state index contributed by atoms with van der Waals surface area (Å²) in [6.07, 6.45) is -0.476. The molecule has 24 heavy (non-hydrogen) atoms. The summed E-state index contributed by atoms with van der Waals surface area (Å²) in [7, 11) is 1.47. The Balaban J connectivity index is 1.55. The van der Waals surface area contributed by atoms with E-state index in [1.165, 1.54) is 13.2 Å². The van der Waals surface area contributed by atoms with Crippen molar-refractivity contribution in [3.63, 3.8) is 0 Å². The maximum Gasteiger partial charge on any atom is 0.167 e. The largest absolute Gasteiger partial charge is 0.494 e. The van der Waals surface area contributed by atoms with Crippen LogP contribution in [0.1, 0.15) is 11.7 Å². The maximum absolute atomic E-state index is 13.8. The molecule has 1 fully saturated rings. The number of methoxy groups -OCH3 is 1. The standard InChI is InChI=1S/C19H23FN2O2/c1-24-19-8-7-16(13-17(19)20)22-11-9-21(10-12-22)14-18(23)15-5-3-2-4-6-15/h2-8,13,18,23H,9-12,14H2,1H3. The molecule has 0 aromatic heterocycles. The number of rotatable bonds is 5. The van der Waals surface area contributed by atoms with Gasteiger partial charge in [-0.3, -0.25) is 4.90 Å². The van der Waals surface area contributed by atoms with Crippen LogP contribution in [0.25, 0.3) is 0 Å². The topological polar surface area (TPSA) is 35.9 Å². The number of aliphatic hydroxyl groups excluding tert-OH is 1. The van der Waals surface area contributed by atoms with Crippen molar-refractivity contribution in [3.8, 4) is 5.75 Å². The third kappa shape index (κ3) is 3.86. The lowest BCUT2D eigenvalue weighted by Crippen LogP contribution is -2.47. The van der Waals surface area contributed by atoms with Crippen molar-refractivity contribution < 1.29 is 14.2 Å². The summed E-state index contributed by atoms with van der Waals surface area (Å²) in [4.78, 5) is 4.40. The van der Waals surface area contributed by atoms with E-state index < -0.39 is 6.10 Å². The van der Waals surface area contributed by atoms with E-state index in [2.05, 4.69) is 9.80 Å². The molecule has 128 valence electrons. The SMILES string of the molecule is COc1ccc(N2CCN(CC(O)c3ccccc3)CC2)cc1F. The highest BCUT2D eigenvalue weighted by Crippen LogP contribution is 2.24. The first kappa shape index (κ1) is 16.7. The number of anilines is 1. The minimum absolute atomic E-state index is 0.267. The second-order valence-corrected chi connectivity index (χ2v) is 6.03. The molecule has 4 nitrogen and oxygen atoms in total. The van der Waals surface area contributed by atoms with Crippen LogP contribution in [0.15, 0.2) is 48.5 Å². The number of hydrogen-bond donors (Lipinski definition) is 1. The number of β-amino-alcohol motifs (C(OH)–C–C–N with tert-alkyl or cyclic N) is 1. The van der Waals surface area contributed by atoms with Crippen LogP contribution in [0.5, 0.6) is 5.75 Å². The predicted molar refractivity (Wildman–Crippen MR) is 93.0 cm³/mol. The van der Waals surface area contributed by atoms with Crippen LogP contribution in [0.2, 0.25) is 0 Å². The highest BCUT2D eigenvalue weighted by Gasteiger charge is 2.20. The van der Waals surface area contributed by atoms with Gasteiger partial charge in [-0.05, 0) is 17.7 Å². The normalized spacial score (nSPS) is 16.9. The van der Waals surface area contributed by atoms with Crippen molar-refractivity contribution in [1.29, 1.82) is 0 Å². The molecule has 1 aliphatic heterocycles. The number of nitrogens with zero attached hydrogens (tertiary/aromatic N) is 2. The summed E-state index contributed by atoms with van der Waals surface area (Å²) in [5.41, 5.74) is 1.81. The highest BCUT2D eigenvalue weighted by molar-refractivity contribution is 5.50. The molecule has 1 N–H and O–H groups in total. The van der Waals surface area contributed by atoms with Crippen LogP contribution in [-0.4, -0.2) is 49.8 Å². The number of ether oxygens (including phenoxy) is 1. The zero-order valence-electron chi connectivity index (χ0n) is 13.9. The Kier molecular flexibility index (Phi) is 5.33. The second kappa shape index (κ2) is 7.64. The molecule has 1 unspecified atom stereocenters. The number of aliphatic hydroxyl groups is 1. The van der Waals surface area contributed by atoms with Gasteiger partial charge in [0.05, 0.1) is 13.2 Å². The molecule has 1 atom stereocenters. The van der Waals surface area contributed by atoms with Gasteiger partial charge in [0.1, 0.15) is 0 Å². The van der Waals surface area contributed by atoms with E-state index in [9.17, 15) is 9.50 Å². The Morgan fingerprint density at radius 2 is 1.79 bits per heavy atom. The number of benzene rings is 2. The van der Waals surface area contributed by atoms with Crippen LogP contribution >= 0.6 is 0 Å². The maximum atomic E-state index is 13.8. The van der Waals surface area contributed by atoms with Crippen molar-refractivity contribution in [2.75, 3.05) is 44.7 Å². The summed E-state index contributed by atoms with van der Waals surface area (Å²) >= 11 is 0. The van der Waals surface area contributed by atoms with Gasteiger partial charge in [-0.25, -0.2) is 4.39 Å². The van der Waals surface area contributed by atoms with E-state index in [0.717, 1.165) is 37.4 Å². The molecule has 1 saturated heterocycles. The summed E-state index contributed by atoms with van der Waals surface area (Å²) in [6, 6.07) is 14.8. The van der Waals surface area contributed by atoms with Crippen LogP contribution in [-0.2, 0) is 0 Å². The van der Waals surface area contributed by atoms with Crippen LogP contribution in [0.3, 0.4) is 0 Å². The number of piperazine rings is 1. The zero-order valence-corrected chi connectivity index (χ0v) is 13.9. The fourth-order valence-electron chi connectivity index (χ4n) is 3.07. The molecule has 2 aromatic rings. The first-order valence-corrected chi connectivity index (χ1v) is 8.21. The average Bonchev–Trinajstić information content (AvgIpc) is 2.63. The van der Waals surface area contributed by atoms with Gasteiger partial charge < -0.3 is 14.7 Å². The summed E-state index contributed by atoms with van der Waals surface area (Å²) in [5.74, 6) is -0.0692. The molecular formula is C19H23FN2O2. The van der Waals surface area contributed by atoms with Gasteiger partial charge in [0.25, 0.3) is 0 Å². The third-order valence-electron chi connectivity index (χ3n) is 4.49. The van der Waals surface area contributed by atoms with Gasteiger partial charge in [-0.15, -0.1) is 0 Å². The van der Waals surface area contributed by atoms with Crippen LogP contribution < -0.4 is 9.64 Å². The predicted octanol–water partition coefficient (Wildman–Crippen LogP) is 2.69. The van der Waals surface area contributed by atoms with Gasteiger partial charge >= 0.3 is 0 Å². The molecular weight excluding hydrogens is 307 g/mol. The van der Waals surface area contributed by atoms with Gasteiger partial charge in [0, 0.05) is 44.5 Å². The Hall–Kier alpha value is -2.11. The summed E-state index contributed by atoms with van der Waals surface area (Å²) in [6.45, 7) is 3.93. The molecule has 0 radical (unpaired) electrons. The van der Waals surface area contributed by atoms with Gasteiger partial charge in [-0.1, -0.05) is 30.3 Å². The van der Waals surface area contributed by atoms with Crippen molar-refractivity contribution >= 4 is 5.69 Å². The average molecular weight is 330 g/mol. The Labute approximate surface area is 142 Å². The molecule has 5 heteroatoms. The minimum atomic E-state index is -0.476. The Morgan fingerprint density at radius 1 is 1.08 bits per heavy atom. The van der Waals surface area contributed by atoms with E-state index >= 15 is 0 Å². The first-order valence-electron chi connectivity index (χ1n) is 8.21. The molecule has 2 aromatic carbocycles. The molecule has 3 rings (SSSR count). The van der Waals surface area contributed by atoms with E-state index in [1.807, 2.05) is 36.4 Å². The van der Waals surface area contributed by atoms with Crippen LogP contribution in [0.4, 0.5) is 10.1 Å². The Bertz CT molecular complexity index is 658. The molecule has 0 aliphatic carbocycles. The molecule has 1 aliphatic rings. The van der Waals surface area contributed by atoms with Crippen molar-refractivity contribution in [1.82, 2.24) is 4.90 Å². The molecule has 0 bridgehead atoms. The minimum Gasteiger partial charge on any atom is -0.494 e. The van der Waals surface area contributed by atoms with Gasteiger partial charge in [0.15, 0.2) is 11.6 Å². The number of halogens is 1. The lowest BCUT2D eigenvalue weighted by molar-refractivity contribution is 0.109. The molecule has 1 heterocycles. The van der Waals surface area contributed by atoms with E-state index in [0.29, 0.717) is 6.54 Å². The molecule has 0 spiro atoms. The van der Waals surface area contributed by atoms with E-state index in [4.69, 9.17) is 4.74 Å². The van der Waals surface area contributed by atoms with Gasteiger partial charge in [0.2, 0.25) is 0 Å². The van der Waals surface area contributed by atoms with E-state index in [1.54, 1.807) is 6.07 Å². The number of hydrogen-bond acceptors (Lipinski definition) is 4. The summed E-state index contributed by atoms with van der Waals surface area (Å²) < 4.78 is 18.8. The fourth-order valence-corrected chi connectivity index (χ4v) is 3.07. The quantitative estimate of drug-likeness (QED) is 0.914. The smallest absolute Gasteiger partial charge is 0.167 e. The first-order chi connectivity index (χ1) is 11.7. The highest BCUT2D eigenvalue weighted by atomic mass is 19.1. The molecule has 0 saturated carbocycles. The monoisotopic (exact) mass is 330 g/mol. The lowest BCUT2D eigenvalue weighted by Gasteiger charge is -2.37. The zero-order chi connectivity index (χ0) is 16.9. The summed E-state index contributed by atoms with van der Waals surface area (Å²) in [5, 5.41) is 10.3. The Morgan fingerprint density at radius 3 is 2.42 bits per heavy atom. The van der Waals surface area contributed by atoms with Crippen molar-refractivity contribution in [2.24, 2.45) is 0 Å². The molecule has 0 amide bonds. The van der Waals surface area contributed by atoms with Crippen molar-refractivity contribution in [3.05, 3.63) is 59.9 Å². The second-order valence-electron chi connectivity index (χ2n) is 6.03. The van der Waals surface area contributed by atoms with Crippen molar-refractivity contribution in [2.45, 2.75) is 6.10 Å². The fraction of sp³-hybridized carbons (Fsp3) is 0.368. The van der Waals surface area contributed by atoms with Gasteiger partial charge in [-0.2, -0.15) is 0 Å². The van der Waals surface area contributed by atoms with Crippen LogP contribution in [0, 0.1) is 5.82 Å². The van der Waals surface area contributed by atoms with E-state index in [-0.39, 0.29) is 11.6 Å².